The molecule has 0 heterocycles. The predicted molar refractivity (Wildman–Crippen MR) is 75.3 cm³/mol. The molecule has 2 N–H and O–H groups in total. The van der Waals surface area contributed by atoms with Gasteiger partial charge in [-0.25, -0.2) is 0 Å². The first-order chi connectivity index (χ1) is 8.81. The molecule has 2 rings (SSSR count). The van der Waals surface area contributed by atoms with Gasteiger partial charge in [-0.2, -0.15) is 0 Å². The van der Waals surface area contributed by atoms with Gasteiger partial charge in [0.25, 0.3) is 0 Å². The highest BCUT2D eigenvalue weighted by Gasteiger charge is 2.09. The van der Waals surface area contributed by atoms with Crippen molar-refractivity contribution >= 4 is 24.7 Å². The standard InChI is InChI=1S/C14H14BN2O/c1-15-17-14(18)12-9-5-6-10-13(12)16-11-7-3-2-4-8-11/h2-10,16H,1H3,(H,17,18). The number of amides is 1. The Labute approximate surface area is 107 Å². The van der Waals surface area contributed by atoms with Crippen LogP contribution in [0.4, 0.5) is 11.4 Å². The minimum Gasteiger partial charge on any atom is -0.400 e. The van der Waals surface area contributed by atoms with E-state index >= 15 is 0 Å². The van der Waals surface area contributed by atoms with Crippen LogP contribution in [0, 0.1) is 0 Å². The lowest BCUT2D eigenvalue weighted by Crippen LogP contribution is -2.25. The Morgan fingerprint density at radius 1 is 1.00 bits per heavy atom. The summed E-state index contributed by atoms with van der Waals surface area (Å²) in [6.07, 6.45) is 0. The SMILES string of the molecule is C[B]NC(=O)c1ccccc1Nc1ccccc1. The molecule has 89 valence electrons. The summed E-state index contributed by atoms with van der Waals surface area (Å²) in [5.41, 5.74) is 2.38. The van der Waals surface area contributed by atoms with Crippen LogP contribution >= 0.6 is 0 Å². The van der Waals surface area contributed by atoms with Crippen LogP contribution in [0.5, 0.6) is 0 Å². The minimum atomic E-state index is -0.114. The number of carbonyl (C=O) groups excluding carboxylic acids is 1. The summed E-state index contributed by atoms with van der Waals surface area (Å²) < 4.78 is 0. The molecule has 2 aromatic rings. The number of nitrogens with one attached hydrogen (secondary N) is 2. The summed E-state index contributed by atoms with van der Waals surface area (Å²) in [5.74, 6) is -0.114. The van der Waals surface area contributed by atoms with Crippen molar-refractivity contribution in [1.82, 2.24) is 5.23 Å². The fourth-order valence-electron chi connectivity index (χ4n) is 1.68. The van der Waals surface area contributed by atoms with E-state index < -0.39 is 0 Å². The molecular weight excluding hydrogens is 223 g/mol. The van der Waals surface area contributed by atoms with Gasteiger partial charge < -0.3 is 10.5 Å². The monoisotopic (exact) mass is 237 g/mol. The number of para-hydroxylation sites is 2. The van der Waals surface area contributed by atoms with Crippen molar-refractivity contribution in [3.63, 3.8) is 0 Å². The molecule has 0 atom stereocenters. The maximum Gasteiger partial charge on any atom is 0.243 e. The van der Waals surface area contributed by atoms with E-state index in [1.807, 2.05) is 48.5 Å². The zero-order valence-electron chi connectivity index (χ0n) is 10.2. The number of hydrogen-bond acceptors (Lipinski definition) is 2. The summed E-state index contributed by atoms with van der Waals surface area (Å²) >= 11 is 0. The Kier molecular flexibility index (Phi) is 4.02. The molecule has 1 amide bonds. The quantitative estimate of drug-likeness (QED) is 0.802. The van der Waals surface area contributed by atoms with Crippen molar-refractivity contribution in [2.24, 2.45) is 0 Å². The van der Waals surface area contributed by atoms with Crippen molar-refractivity contribution in [1.29, 1.82) is 0 Å². The van der Waals surface area contributed by atoms with E-state index in [9.17, 15) is 4.79 Å². The Morgan fingerprint density at radius 2 is 1.67 bits per heavy atom. The van der Waals surface area contributed by atoms with Crippen LogP contribution in [0.2, 0.25) is 6.82 Å². The Morgan fingerprint density at radius 3 is 2.39 bits per heavy atom. The third kappa shape index (κ3) is 2.91. The van der Waals surface area contributed by atoms with Crippen molar-refractivity contribution in [2.75, 3.05) is 5.32 Å². The van der Waals surface area contributed by atoms with Crippen molar-refractivity contribution < 1.29 is 4.79 Å². The molecule has 4 heteroatoms. The average molecular weight is 237 g/mol. The highest BCUT2D eigenvalue weighted by atomic mass is 16.1. The third-order valence-corrected chi connectivity index (χ3v) is 2.50. The fraction of sp³-hybridized carbons (Fsp3) is 0.0714. The molecule has 0 aliphatic heterocycles. The van der Waals surface area contributed by atoms with Gasteiger partial charge in [0.2, 0.25) is 13.3 Å². The number of benzene rings is 2. The molecule has 1 radical (unpaired) electrons. The molecule has 2 aromatic carbocycles. The van der Waals surface area contributed by atoms with Gasteiger partial charge >= 0.3 is 0 Å². The van der Waals surface area contributed by atoms with Gasteiger partial charge in [0.05, 0.1) is 11.3 Å². The number of rotatable bonds is 4. The molecule has 0 unspecified atom stereocenters. The Balaban J connectivity index is 2.25. The van der Waals surface area contributed by atoms with Gasteiger partial charge in [-0.15, -0.1) is 0 Å². The van der Waals surface area contributed by atoms with Crippen LogP contribution in [0.25, 0.3) is 0 Å². The normalized spacial score (nSPS) is 9.61. The minimum absolute atomic E-state index is 0.114. The van der Waals surface area contributed by atoms with Gasteiger partial charge in [-0.05, 0) is 24.3 Å². The number of hydrogen-bond donors (Lipinski definition) is 2. The van der Waals surface area contributed by atoms with E-state index in [1.54, 1.807) is 20.3 Å². The largest absolute Gasteiger partial charge is 0.400 e. The first-order valence-electron chi connectivity index (χ1n) is 5.81. The maximum atomic E-state index is 11.9. The predicted octanol–water partition coefficient (Wildman–Crippen LogP) is 2.83. The lowest BCUT2D eigenvalue weighted by molar-refractivity contribution is 0.0981. The highest BCUT2D eigenvalue weighted by Crippen LogP contribution is 2.20. The first kappa shape index (κ1) is 12.2. The van der Waals surface area contributed by atoms with Crippen molar-refractivity contribution in [2.45, 2.75) is 6.82 Å². The molecule has 0 aliphatic rings. The Hall–Kier alpha value is -2.23. The van der Waals surface area contributed by atoms with E-state index in [0.717, 1.165) is 11.4 Å². The van der Waals surface area contributed by atoms with E-state index in [1.165, 1.54) is 0 Å². The van der Waals surface area contributed by atoms with Crippen LogP contribution in [0.15, 0.2) is 54.6 Å². The lowest BCUT2D eigenvalue weighted by atomic mass is 9.99. The Bertz CT molecular complexity index is 528. The van der Waals surface area contributed by atoms with Gasteiger partial charge in [0, 0.05) is 5.69 Å². The molecule has 0 fully saturated rings. The van der Waals surface area contributed by atoms with Crippen molar-refractivity contribution in [3.8, 4) is 0 Å². The van der Waals surface area contributed by atoms with Gasteiger partial charge in [-0.3, -0.25) is 4.79 Å². The summed E-state index contributed by atoms with van der Waals surface area (Å²) in [6, 6.07) is 17.2. The van der Waals surface area contributed by atoms with Gasteiger partial charge in [0.15, 0.2) is 0 Å². The number of carbonyl (C=O) groups is 1. The summed E-state index contributed by atoms with van der Waals surface area (Å²) in [7, 11) is 1.63. The summed E-state index contributed by atoms with van der Waals surface area (Å²) in [4.78, 5) is 11.9. The molecule has 18 heavy (non-hydrogen) atoms. The molecular formula is C14H14BN2O. The second-order valence-corrected chi connectivity index (χ2v) is 3.80. The molecule has 0 saturated carbocycles. The van der Waals surface area contributed by atoms with E-state index in [4.69, 9.17) is 0 Å². The lowest BCUT2D eigenvalue weighted by Gasteiger charge is -2.11. The third-order valence-electron chi connectivity index (χ3n) is 2.50. The van der Waals surface area contributed by atoms with Crippen molar-refractivity contribution in [3.05, 3.63) is 60.2 Å². The zero-order valence-corrected chi connectivity index (χ0v) is 10.2. The second-order valence-electron chi connectivity index (χ2n) is 3.80. The topological polar surface area (TPSA) is 41.1 Å². The smallest absolute Gasteiger partial charge is 0.243 e. The molecule has 0 saturated heterocycles. The van der Waals surface area contributed by atoms with Crippen LogP contribution in [0.3, 0.4) is 0 Å². The fourth-order valence-corrected chi connectivity index (χ4v) is 1.68. The van der Waals surface area contributed by atoms with Gasteiger partial charge in [0.1, 0.15) is 0 Å². The van der Waals surface area contributed by atoms with E-state index in [0.29, 0.717) is 5.56 Å². The van der Waals surface area contributed by atoms with Crippen LogP contribution < -0.4 is 10.5 Å². The number of anilines is 2. The first-order valence-corrected chi connectivity index (χ1v) is 5.81. The molecule has 0 spiro atoms. The highest BCUT2D eigenvalue weighted by molar-refractivity contribution is 6.37. The molecule has 0 aromatic heterocycles. The summed E-state index contributed by atoms with van der Waals surface area (Å²) in [6.45, 7) is 1.78. The molecule has 0 aliphatic carbocycles. The molecule has 0 bridgehead atoms. The van der Waals surface area contributed by atoms with Crippen LogP contribution in [-0.2, 0) is 0 Å². The van der Waals surface area contributed by atoms with E-state index in [2.05, 4.69) is 10.5 Å². The van der Waals surface area contributed by atoms with Crippen LogP contribution in [-0.4, -0.2) is 13.3 Å². The summed E-state index contributed by atoms with van der Waals surface area (Å²) in [5, 5.41) is 5.92. The zero-order chi connectivity index (χ0) is 12.8. The van der Waals surface area contributed by atoms with E-state index in [-0.39, 0.29) is 5.91 Å². The second kappa shape index (κ2) is 5.91. The van der Waals surface area contributed by atoms with Gasteiger partial charge in [-0.1, -0.05) is 37.2 Å². The average Bonchev–Trinajstić information content (AvgIpc) is 2.41. The maximum absolute atomic E-state index is 11.9. The van der Waals surface area contributed by atoms with Crippen LogP contribution in [0.1, 0.15) is 10.4 Å². The molecule has 3 nitrogen and oxygen atoms in total.